The van der Waals surface area contributed by atoms with Crippen molar-refractivity contribution in [3.63, 3.8) is 0 Å². The SMILES string of the molecule is CC(C)(C)c1ccnc(-n2c3ccccc3c3ccc(Oc4cccc(N5CN(c6cc7c8c(c6)[Si](C)(C)c6ccccc6N8c6ccccc6[Si]7(C)C)c6ccccc65)c4)cc32)c1. The van der Waals surface area contributed by atoms with Crippen LogP contribution in [0.5, 0.6) is 11.5 Å². The molecular formula is C56H51N5OSi2. The van der Waals surface area contributed by atoms with E-state index in [1.807, 2.05) is 6.20 Å². The van der Waals surface area contributed by atoms with E-state index in [0.29, 0.717) is 6.67 Å². The average molecular weight is 866 g/mol. The number of rotatable bonds is 5. The van der Waals surface area contributed by atoms with Gasteiger partial charge in [-0.25, -0.2) is 4.98 Å². The summed E-state index contributed by atoms with van der Waals surface area (Å²) < 4.78 is 9.07. The number of hydrogen-bond acceptors (Lipinski definition) is 5. The minimum absolute atomic E-state index is 0.00215. The third-order valence-electron chi connectivity index (χ3n) is 14.2. The van der Waals surface area contributed by atoms with E-state index >= 15 is 0 Å². The molecule has 8 heteroatoms. The average Bonchev–Trinajstić information content (AvgIpc) is 3.85. The second kappa shape index (κ2) is 13.8. The molecule has 314 valence electrons. The van der Waals surface area contributed by atoms with Crippen molar-refractivity contribution in [2.75, 3.05) is 21.4 Å². The minimum atomic E-state index is -2.11. The molecule has 64 heavy (non-hydrogen) atoms. The molecule has 5 heterocycles. The first-order valence-electron chi connectivity index (χ1n) is 22.5. The molecule has 3 aliphatic heterocycles. The predicted octanol–water partition coefficient (Wildman–Crippen LogP) is 12.3. The molecule has 0 atom stereocenters. The summed E-state index contributed by atoms with van der Waals surface area (Å²) in [5, 5.41) is 8.40. The number of pyridine rings is 1. The summed E-state index contributed by atoms with van der Waals surface area (Å²) in [6, 6.07) is 60.2. The summed E-state index contributed by atoms with van der Waals surface area (Å²) in [5.74, 6) is 2.48. The third-order valence-corrected chi connectivity index (χ3v) is 21.2. The Morgan fingerprint density at radius 1 is 0.500 bits per heavy atom. The first-order chi connectivity index (χ1) is 30.9. The van der Waals surface area contributed by atoms with Crippen LogP contribution in [-0.2, 0) is 5.41 Å². The van der Waals surface area contributed by atoms with Gasteiger partial charge in [0.25, 0.3) is 0 Å². The Morgan fingerprint density at radius 3 is 1.75 bits per heavy atom. The molecule has 0 saturated heterocycles. The summed E-state index contributed by atoms with van der Waals surface area (Å²) in [4.78, 5) is 12.5. The number of para-hydroxylation sites is 5. The van der Waals surface area contributed by atoms with Gasteiger partial charge in [-0.2, -0.15) is 0 Å². The van der Waals surface area contributed by atoms with Gasteiger partial charge >= 0.3 is 0 Å². The van der Waals surface area contributed by atoms with Gasteiger partial charge in [-0.05, 0) is 111 Å². The number of fused-ring (bicyclic) bond motifs is 8. The molecule has 7 aromatic carbocycles. The quantitative estimate of drug-likeness (QED) is 0.161. The van der Waals surface area contributed by atoms with Gasteiger partial charge in [0, 0.05) is 57.5 Å². The molecule has 3 aliphatic rings. The monoisotopic (exact) mass is 865 g/mol. The van der Waals surface area contributed by atoms with E-state index in [-0.39, 0.29) is 5.41 Å². The van der Waals surface area contributed by atoms with Crippen LogP contribution < -0.4 is 40.2 Å². The first kappa shape index (κ1) is 38.8. The van der Waals surface area contributed by atoms with Crippen molar-refractivity contribution < 1.29 is 4.74 Å². The second-order valence-electron chi connectivity index (χ2n) is 19.8. The van der Waals surface area contributed by atoms with Crippen molar-refractivity contribution in [3.8, 4) is 17.3 Å². The molecule has 6 nitrogen and oxygen atoms in total. The molecule has 0 N–H and O–H groups in total. The van der Waals surface area contributed by atoms with Gasteiger partial charge in [-0.3, -0.25) is 4.57 Å². The second-order valence-corrected chi connectivity index (χ2v) is 28.4. The molecule has 0 unspecified atom stereocenters. The standard InChI is InChI=1S/C56H51N5OSi2/c1-56(2,3)37-29-30-57-54(31-37)60-44-20-9-8-19-42(44)43-28-27-41(35-49(43)60)62-40-18-16-17-38(32-40)58-36-59(46-22-11-10-21-45(46)58)39-33-52-55-53(34-39)64(6,7)51-26-15-13-24-48(51)61(55)47-23-12-14-25-50(47)63(52,4)5/h8-35H,36H2,1-7H3. The van der Waals surface area contributed by atoms with Crippen molar-refractivity contribution in [2.24, 2.45) is 0 Å². The lowest BCUT2D eigenvalue weighted by Crippen LogP contribution is -2.66. The largest absolute Gasteiger partial charge is 0.457 e. The Kier molecular flexibility index (Phi) is 8.37. The maximum Gasteiger partial charge on any atom is 0.137 e. The minimum Gasteiger partial charge on any atom is -0.457 e. The number of hydrogen-bond donors (Lipinski definition) is 0. The van der Waals surface area contributed by atoms with E-state index in [9.17, 15) is 0 Å². The summed E-state index contributed by atoms with van der Waals surface area (Å²) in [6.45, 7) is 17.6. The molecule has 0 aliphatic carbocycles. The number of ether oxygens (including phenoxy) is 1. The van der Waals surface area contributed by atoms with E-state index in [1.165, 1.54) is 71.2 Å². The highest BCUT2D eigenvalue weighted by Gasteiger charge is 2.47. The fourth-order valence-corrected chi connectivity index (χ4v) is 16.9. The number of benzene rings is 7. The number of anilines is 7. The van der Waals surface area contributed by atoms with E-state index in [1.54, 1.807) is 0 Å². The summed E-state index contributed by atoms with van der Waals surface area (Å²) in [5.41, 5.74) is 12.3. The van der Waals surface area contributed by atoms with E-state index in [2.05, 4.69) is 230 Å². The molecule has 0 bridgehead atoms. The van der Waals surface area contributed by atoms with Gasteiger partial charge < -0.3 is 19.4 Å². The lowest BCUT2D eigenvalue weighted by atomic mass is 9.88. The fourth-order valence-electron chi connectivity index (χ4n) is 10.8. The van der Waals surface area contributed by atoms with Crippen molar-refractivity contribution >= 4 is 98.5 Å². The van der Waals surface area contributed by atoms with Crippen LogP contribution in [0, 0.1) is 0 Å². The van der Waals surface area contributed by atoms with Gasteiger partial charge in [-0.1, -0.05) is 120 Å². The number of nitrogens with zero attached hydrogens (tertiary/aromatic N) is 5. The Hall–Kier alpha value is -6.88. The molecule has 9 aromatic rings. The maximum absolute atomic E-state index is 6.79. The molecule has 0 spiro atoms. The summed E-state index contributed by atoms with van der Waals surface area (Å²) >= 11 is 0. The molecular weight excluding hydrogens is 815 g/mol. The molecule has 12 rings (SSSR count). The summed E-state index contributed by atoms with van der Waals surface area (Å²) in [6.07, 6.45) is 1.93. The van der Waals surface area contributed by atoms with Crippen LogP contribution in [0.25, 0.3) is 27.6 Å². The fraction of sp³-hybridized carbons (Fsp3) is 0.161. The zero-order chi connectivity index (χ0) is 43.7. The highest BCUT2D eigenvalue weighted by Crippen LogP contribution is 2.47. The van der Waals surface area contributed by atoms with Crippen LogP contribution in [-0.4, -0.2) is 32.4 Å². The smallest absolute Gasteiger partial charge is 0.137 e. The molecule has 0 amide bonds. The Balaban J connectivity index is 0.925. The Labute approximate surface area is 377 Å². The van der Waals surface area contributed by atoms with Gasteiger partial charge in [0.2, 0.25) is 0 Å². The Bertz CT molecular complexity index is 3300. The van der Waals surface area contributed by atoms with Crippen LogP contribution in [0.4, 0.5) is 39.8 Å². The Morgan fingerprint density at radius 2 is 1.08 bits per heavy atom. The van der Waals surface area contributed by atoms with Crippen LogP contribution in [0.2, 0.25) is 26.2 Å². The molecule has 0 saturated carbocycles. The van der Waals surface area contributed by atoms with Crippen LogP contribution in [0.1, 0.15) is 26.3 Å². The summed E-state index contributed by atoms with van der Waals surface area (Å²) in [7, 11) is -4.22. The molecule has 2 aromatic heterocycles. The van der Waals surface area contributed by atoms with E-state index in [0.717, 1.165) is 34.0 Å². The normalized spacial score (nSPS) is 15.5. The van der Waals surface area contributed by atoms with Crippen molar-refractivity contribution in [3.05, 3.63) is 176 Å². The van der Waals surface area contributed by atoms with Gasteiger partial charge in [0.15, 0.2) is 0 Å². The van der Waals surface area contributed by atoms with Crippen molar-refractivity contribution in [1.29, 1.82) is 0 Å². The van der Waals surface area contributed by atoms with Crippen LogP contribution in [0.3, 0.4) is 0 Å². The zero-order valence-corrected chi connectivity index (χ0v) is 39.5. The van der Waals surface area contributed by atoms with Crippen LogP contribution >= 0.6 is 0 Å². The van der Waals surface area contributed by atoms with E-state index in [4.69, 9.17) is 9.72 Å². The van der Waals surface area contributed by atoms with Gasteiger partial charge in [0.05, 0.1) is 22.4 Å². The van der Waals surface area contributed by atoms with E-state index < -0.39 is 16.1 Å². The molecule has 0 fully saturated rings. The third kappa shape index (κ3) is 5.71. The molecule has 0 radical (unpaired) electrons. The van der Waals surface area contributed by atoms with Crippen LogP contribution in [0.15, 0.2) is 170 Å². The topological polar surface area (TPSA) is 36.8 Å². The van der Waals surface area contributed by atoms with Crippen molar-refractivity contribution in [1.82, 2.24) is 9.55 Å². The highest BCUT2D eigenvalue weighted by atomic mass is 28.3. The van der Waals surface area contributed by atoms with Gasteiger partial charge in [0.1, 0.15) is 40.1 Å². The highest BCUT2D eigenvalue weighted by molar-refractivity contribution is 7.07. The lowest BCUT2D eigenvalue weighted by molar-refractivity contribution is 0.483. The zero-order valence-electron chi connectivity index (χ0n) is 37.5. The maximum atomic E-state index is 6.79. The predicted molar refractivity (Wildman–Crippen MR) is 274 cm³/mol. The number of aromatic nitrogens is 2. The lowest BCUT2D eigenvalue weighted by Gasteiger charge is -2.49. The van der Waals surface area contributed by atoms with Gasteiger partial charge in [-0.15, -0.1) is 0 Å². The van der Waals surface area contributed by atoms with Crippen molar-refractivity contribution in [2.45, 2.75) is 52.4 Å². The first-order valence-corrected chi connectivity index (χ1v) is 28.5.